The van der Waals surface area contributed by atoms with Crippen molar-refractivity contribution in [2.45, 2.75) is 25.0 Å². The molecule has 1 saturated heterocycles. The van der Waals surface area contributed by atoms with E-state index in [1.54, 1.807) is 18.4 Å². The number of nitrogens with two attached hydrogens (primary N) is 1. The van der Waals surface area contributed by atoms with Gasteiger partial charge in [-0.2, -0.15) is 0 Å². The van der Waals surface area contributed by atoms with Crippen LogP contribution in [-0.2, 0) is 4.74 Å². The van der Waals surface area contributed by atoms with E-state index < -0.39 is 0 Å². The Hall–Kier alpha value is 0.540. The zero-order valence-electron chi connectivity index (χ0n) is 10.4. The number of nitrogens with zero attached hydrogens (tertiary/aromatic N) is 1. The lowest BCUT2D eigenvalue weighted by atomic mass is 10.0. The van der Waals surface area contributed by atoms with Crippen LogP contribution in [0.25, 0.3) is 0 Å². The van der Waals surface area contributed by atoms with Crippen molar-refractivity contribution in [3.05, 3.63) is 19.2 Å². The lowest BCUT2D eigenvalue weighted by Crippen LogP contribution is -2.41. The summed E-state index contributed by atoms with van der Waals surface area (Å²) < 4.78 is 7.67. The number of likely N-dealkylation sites (tertiary alicyclic amines) is 1. The quantitative estimate of drug-likeness (QED) is 0.846. The van der Waals surface area contributed by atoms with Crippen LogP contribution in [0.3, 0.4) is 0 Å². The third-order valence-corrected chi connectivity index (χ3v) is 6.82. The molecule has 6 heteroatoms. The third kappa shape index (κ3) is 3.35. The Morgan fingerprint density at radius 1 is 1.50 bits per heavy atom. The van der Waals surface area contributed by atoms with Crippen LogP contribution in [0.1, 0.15) is 23.8 Å². The summed E-state index contributed by atoms with van der Waals surface area (Å²) in [4.78, 5) is 3.80. The molecule has 2 rings (SSSR count). The maximum Gasteiger partial charge on any atom is 0.0843 e. The summed E-state index contributed by atoms with van der Waals surface area (Å²) in [7, 11) is 1.80. The van der Waals surface area contributed by atoms with Gasteiger partial charge in [-0.05, 0) is 50.8 Å². The molecule has 1 fully saturated rings. The van der Waals surface area contributed by atoms with E-state index in [1.807, 2.05) is 0 Å². The fraction of sp³-hybridized carbons (Fsp3) is 0.667. The molecule has 0 aromatic carbocycles. The van der Waals surface area contributed by atoms with Gasteiger partial charge in [0, 0.05) is 36.1 Å². The predicted octanol–water partition coefficient (Wildman–Crippen LogP) is 3.38. The molecular formula is C12H18Br2N2OS. The van der Waals surface area contributed by atoms with Gasteiger partial charge in [0.25, 0.3) is 0 Å². The minimum atomic E-state index is 0.329. The third-order valence-electron chi connectivity index (χ3n) is 3.47. The molecule has 3 nitrogen and oxygen atoms in total. The smallest absolute Gasteiger partial charge is 0.0843 e. The highest BCUT2D eigenvalue weighted by molar-refractivity contribution is 9.13. The minimum Gasteiger partial charge on any atom is -0.381 e. The van der Waals surface area contributed by atoms with Crippen LogP contribution in [0.2, 0.25) is 0 Å². The van der Waals surface area contributed by atoms with Crippen molar-refractivity contribution < 1.29 is 4.74 Å². The molecule has 0 bridgehead atoms. The van der Waals surface area contributed by atoms with Gasteiger partial charge >= 0.3 is 0 Å². The average molecular weight is 398 g/mol. The Kier molecular flexibility index (Phi) is 5.65. The SMILES string of the molecule is COC1CCN(C(CN)c2cc(Br)c(Br)s2)CC1. The summed E-state index contributed by atoms with van der Waals surface area (Å²) in [5.41, 5.74) is 5.97. The molecule has 18 heavy (non-hydrogen) atoms. The van der Waals surface area contributed by atoms with E-state index in [0.717, 1.165) is 34.2 Å². The second-order valence-electron chi connectivity index (χ2n) is 4.49. The van der Waals surface area contributed by atoms with Gasteiger partial charge < -0.3 is 10.5 Å². The van der Waals surface area contributed by atoms with Crippen LogP contribution < -0.4 is 5.73 Å². The van der Waals surface area contributed by atoms with Gasteiger partial charge in [0.2, 0.25) is 0 Å². The summed E-state index contributed by atoms with van der Waals surface area (Å²) in [6.45, 7) is 2.79. The van der Waals surface area contributed by atoms with Crippen molar-refractivity contribution >= 4 is 43.2 Å². The fourth-order valence-electron chi connectivity index (χ4n) is 2.40. The number of hydrogen-bond donors (Lipinski definition) is 1. The summed E-state index contributed by atoms with van der Waals surface area (Å²) in [6, 6.07) is 2.50. The Labute approximate surface area is 129 Å². The molecule has 0 saturated carbocycles. The summed E-state index contributed by atoms with van der Waals surface area (Å²) in [5, 5.41) is 0. The first-order chi connectivity index (χ1) is 8.65. The molecule has 1 aliphatic heterocycles. The molecule has 2 N–H and O–H groups in total. The van der Waals surface area contributed by atoms with E-state index in [-0.39, 0.29) is 0 Å². The fourth-order valence-corrected chi connectivity index (χ4v) is 4.63. The molecule has 1 atom stereocenters. The first-order valence-electron chi connectivity index (χ1n) is 6.07. The zero-order valence-corrected chi connectivity index (χ0v) is 14.4. The van der Waals surface area contributed by atoms with Crippen molar-refractivity contribution in [1.82, 2.24) is 4.90 Å². The Morgan fingerprint density at radius 2 is 2.17 bits per heavy atom. The van der Waals surface area contributed by atoms with Crippen LogP contribution in [0.4, 0.5) is 0 Å². The van der Waals surface area contributed by atoms with Crippen molar-refractivity contribution in [1.29, 1.82) is 0 Å². The van der Waals surface area contributed by atoms with Crippen LogP contribution in [0, 0.1) is 0 Å². The lowest BCUT2D eigenvalue weighted by molar-refractivity contribution is 0.0285. The molecule has 0 aliphatic carbocycles. The first-order valence-corrected chi connectivity index (χ1v) is 8.47. The van der Waals surface area contributed by atoms with Gasteiger partial charge in [0.1, 0.15) is 0 Å². The summed E-state index contributed by atoms with van der Waals surface area (Å²) in [5.74, 6) is 0. The molecule has 1 unspecified atom stereocenters. The van der Waals surface area contributed by atoms with Crippen molar-refractivity contribution in [3.8, 4) is 0 Å². The largest absolute Gasteiger partial charge is 0.381 e. The Bertz CT molecular complexity index is 372. The topological polar surface area (TPSA) is 38.5 Å². The number of halogens is 2. The van der Waals surface area contributed by atoms with Crippen molar-refractivity contribution in [3.63, 3.8) is 0 Å². The van der Waals surface area contributed by atoms with E-state index in [1.165, 1.54) is 4.88 Å². The molecule has 2 heterocycles. The maximum atomic E-state index is 5.97. The van der Waals surface area contributed by atoms with E-state index in [9.17, 15) is 0 Å². The monoisotopic (exact) mass is 396 g/mol. The zero-order chi connectivity index (χ0) is 13.1. The predicted molar refractivity (Wildman–Crippen MR) is 83.1 cm³/mol. The number of rotatable bonds is 4. The Balaban J connectivity index is 2.05. The number of thiophene rings is 1. The molecule has 1 aliphatic rings. The maximum absolute atomic E-state index is 5.97. The van der Waals surface area contributed by atoms with Crippen molar-refractivity contribution in [2.75, 3.05) is 26.7 Å². The van der Waals surface area contributed by atoms with Crippen LogP contribution >= 0.6 is 43.2 Å². The highest BCUT2D eigenvalue weighted by atomic mass is 79.9. The molecular weight excluding hydrogens is 380 g/mol. The van der Waals surface area contributed by atoms with E-state index >= 15 is 0 Å². The van der Waals surface area contributed by atoms with Gasteiger partial charge in [-0.3, -0.25) is 4.90 Å². The van der Waals surface area contributed by atoms with Crippen LogP contribution in [-0.4, -0.2) is 37.7 Å². The normalized spacial score (nSPS) is 20.2. The summed E-state index contributed by atoms with van der Waals surface area (Å²) >= 11 is 8.86. The minimum absolute atomic E-state index is 0.329. The second kappa shape index (κ2) is 6.81. The van der Waals surface area contributed by atoms with Gasteiger partial charge in [0.15, 0.2) is 0 Å². The number of hydrogen-bond acceptors (Lipinski definition) is 4. The van der Waals surface area contributed by atoms with Crippen molar-refractivity contribution in [2.24, 2.45) is 5.73 Å². The standard InChI is InChI=1S/C12H18Br2N2OS/c1-17-8-2-4-16(5-3-8)10(7-15)11-6-9(13)12(14)18-11/h6,8,10H,2-5,7,15H2,1H3. The molecule has 0 amide bonds. The van der Waals surface area contributed by atoms with E-state index in [4.69, 9.17) is 10.5 Å². The molecule has 1 aromatic heterocycles. The Morgan fingerprint density at radius 3 is 2.61 bits per heavy atom. The number of piperidine rings is 1. The number of methoxy groups -OCH3 is 1. The second-order valence-corrected chi connectivity index (χ2v) is 7.75. The summed E-state index contributed by atoms with van der Waals surface area (Å²) in [6.07, 6.45) is 2.61. The molecule has 1 aromatic rings. The van der Waals surface area contributed by atoms with Gasteiger partial charge in [-0.1, -0.05) is 0 Å². The lowest BCUT2D eigenvalue weighted by Gasteiger charge is -2.36. The van der Waals surface area contributed by atoms with Gasteiger partial charge in [-0.25, -0.2) is 0 Å². The van der Waals surface area contributed by atoms with E-state index in [0.29, 0.717) is 18.7 Å². The molecule has 102 valence electrons. The highest BCUT2D eigenvalue weighted by Crippen LogP contribution is 2.37. The van der Waals surface area contributed by atoms with Gasteiger partial charge in [0.05, 0.1) is 15.9 Å². The van der Waals surface area contributed by atoms with Crippen LogP contribution in [0.5, 0.6) is 0 Å². The average Bonchev–Trinajstić information content (AvgIpc) is 2.71. The molecule has 0 spiro atoms. The number of ether oxygens (including phenoxy) is 1. The van der Waals surface area contributed by atoms with Crippen LogP contribution in [0.15, 0.2) is 14.3 Å². The first kappa shape index (κ1) is 14.9. The van der Waals surface area contributed by atoms with E-state index in [2.05, 4.69) is 42.8 Å². The molecule has 0 radical (unpaired) electrons. The highest BCUT2D eigenvalue weighted by Gasteiger charge is 2.26. The van der Waals surface area contributed by atoms with Gasteiger partial charge in [-0.15, -0.1) is 11.3 Å².